The molecule has 2 aliphatic rings. The van der Waals surface area contributed by atoms with Gasteiger partial charge in [-0.15, -0.1) is 11.3 Å². The van der Waals surface area contributed by atoms with Crippen molar-refractivity contribution in [3.8, 4) is 0 Å². The molecule has 2 unspecified atom stereocenters. The van der Waals surface area contributed by atoms with E-state index in [1.807, 2.05) is 18.4 Å². The van der Waals surface area contributed by atoms with Gasteiger partial charge in [-0.3, -0.25) is 4.99 Å². The summed E-state index contributed by atoms with van der Waals surface area (Å²) < 4.78 is 0. The molecule has 0 radical (unpaired) electrons. The summed E-state index contributed by atoms with van der Waals surface area (Å²) in [6.45, 7) is 4.54. The fourth-order valence-corrected chi connectivity index (χ4v) is 4.13. The van der Waals surface area contributed by atoms with Crippen LogP contribution in [-0.2, 0) is 0 Å². The third kappa shape index (κ3) is 3.94. The van der Waals surface area contributed by atoms with E-state index >= 15 is 0 Å². The third-order valence-electron chi connectivity index (χ3n) is 4.78. The molecule has 0 amide bonds. The Balaban J connectivity index is 1.41. The molecular formula is C17H28N4S. The summed E-state index contributed by atoms with van der Waals surface area (Å²) in [5.41, 5.74) is 0. The molecule has 1 aromatic rings. The molecule has 22 heavy (non-hydrogen) atoms. The zero-order valence-corrected chi connectivity index (χ0v) is 14.5. The van der Waals surface area contributed by atoms with Gasteiger partial charge in [-0.05, 0) is 49.1 Å². The first kappa shape index (κ1) is 15.7. The van der Waals surface area contributed by atoms with Gasteiger partial charge in [0.1, 0.15) is 0 Å². The highest BCUT2D eigenvalue weighted by Crippen LogP contribution is 2.34. The van der Waals surface area contributed by atoms with Crippen LogP contribution in [0.5, 0.6) is 0 Å². The summed E-state index contributed by atoms with van der Waals surface area (Å²) in [5, 5.41) is 10.8. The van der Waals surface area contributed by atoms with Crippen molar-refractivity contribution in [1.29, 1.82) is 0 Å². The molecular weight excluding hydrogens is 292 g/mol. The van der Waals surface area contributed by atoms with Gasteiger partial charge in [0.25, 0.3) is 0 Å². The Kier molecular flexibility index (Phi) is 5.24. The Morgan fingerprint density at radius 2 is 2.18 bits per heavy atom. The molecule has 0 bridgehead atoms. The number of aliphatic imine (C=N–C) groups is 1. The summed E-state index contributed by atoms with van der Waals surface area (Å²) in [6, 6.07) is 5.56. The van der Waals surface area contributed by atoms with Crippen LogP contribution < -0.4 is 15.5 Å². The van der Waals surface area contributed by atoms with Crippen molar-refractivity contribution < 1.29 is 0 Å². The first-order valence-corrected chi connectivity index (χ1v) is 9.46. The third-order valence-corrected chi connectivity index (χ3v) is 5.71. The molecule has 4 nitrogen and oxygen atoms in total. The van der Waals surface area contributed by atoms with Crippen molar-refractivity contribution in [2.75, 3.05) is 25.0 Å². The number of thiophene rings is 1. The minimum atomic E-state index is 0.547. The minimum Gasteiger partial charge on any atom is -0.363 e. The standard InChI is InChI=1S/C17H28N4S/c1-3-5-13-12-15(13)20-17(18-2)19-14-7-9-21(10-8-14)16-6-4-11-22-16/h4,6,11,13-15H,3,5,7-10,12H2,1-2H3,(H2,18,19,20). The zero-order chi connectivity index (χ0) is 15.4. The van der Waals surface area contributed by atoms with E-state index in [4.69, 9.17) is 0 Å². The zero-order valence-electron chi connectivity index (χ0n) is 13.7. The van der Waals surface area contributed by atoms with Gasteiger partial charge in [0.2, 0.25) is 0 Å². The number of anilines is 1. The number of hydrogen-bond donors (Lipinski definition) is 2. The monoisotopic (exact) mass is 320 g/mol. The summed E-state index contributed by atoms with van der Waals surface area (Å²) in [4.78, 5) is 6.91. The molecule has 1 aromatic heterocycles. The van der Waals surface area contributed by atoms with Gasteiger partial charge in [-0.2, -0.15) is 0 Å². The molecule has 2 atom stereocenters. The van der Waals surface area contributed by atoms with Gasteiger partial charge < -0.3 is 15.5 Å². The van der Waals surface area contributed by atoms with E-state index in [0.717, 1.165) is 25.0 Å². The van der Waals surface area contributed by atoms with Crippen LogP contribution in [0.3, 0.4) is 0 Å². The lowest BCUT2D eigenvalue weighted by molar-refractivity contribution is 0.462. The van der Waals surface area contributed by atoms with Crippen LogP contribution in [-0.4, -0.2) is 38.2 Å². The van der Waals surface area contributed by atoms with Gasteiger partial charge in [0, 0.05) is 32.2 Å². The second kappa shape index (κ2) is 7.36. The molecule has 2 fully saturated rings. The van der Waals surface area contributed by atoms with E-state index in [2.05, 4.69) is 45.0 Å². The first-order valence-electron chi connectivity index (χ1n) is 8.58. The number of nitrogens with one attached hydrogen (secondary N) is 2. The number of rotatable bonds is 5. The van der Waals surface area contributed by atoms with E-state index in [0.29, 0.717) is 12.1 Å². The Hall–Kier alpha value is -1.23. The van der Waals surface area contributed by atoms with Gasteiger partial charge in [0.15, 0.2) is 5.96 Å². The van der Waals surface area contributed by atoms with Gasteiger partial charge in [-0.25, -0.2) is 0 Å². The molecule has 1 saturated carbocycles. The Morgan fingerprint density at radius 3 is 2.82 bits per heavy atom. The Morgan fingerprint density at radius 1 is 1.36 bits per heavy atom. The quantitative estimate of drug-likeness (QED) is 0.647. The van der Waals surface area contributed by atoms with E-state index in [1.54, 1.807) is 0 Å². The van der Waals surface area contributed by atoms with Crippen molar-refractivity contribution in [3.05, 3.63) is 17.5 Å². The summed E-state index contributed by atoms with van der Waals surface area (Å²) >= 11 is 1.84. The first-order chi connectivity index (χ1) is 10.8. The molecule has 1 saturated heterocycles. The molecule has 2 heterocycles. The average Bonchev–Trinajstić information content (AvgIpc) is 3.04. The number of nitrogens with zero attached hydrogens (tertiary/aromatic N) is 2. The number of piperidine rings is 1. The molecule has 122 valence electrons. The summed E-state index contributed by atoms with van der Waals surface area (Å²) in [6.07, 6.45) is 6.30. The van der Waals surface area contributed by atoms with Crippen LogP contribution >= 0.6 is 11.3 Å². The molecule has 1 aliphatic carbocycles. The van der Waals surface area contributed by atoms with E-state index < -0.39 is 0 Å². The predicted molar refractivity (Wildman–Crippen MR) is 96.0 cm³/mol. The van der Waals surface area contributed by atoms with Crippen LogP contribution in [0, 0.1) is 5.92 Å². The van der Waals surface area contributed by atoms with Gasteiger partial charge >= 0.3 is 0 Å². The van der Waals surface area contributed by atoms with Crippen LogP contribution in [0.15, 0.2) is 22.5 Å². The van der Waals surface area contributed by atoms with Crippen molar-refractivity contribution in [2.45, 2.75) is 51.1 Å². The van der Waals surface area contributed by atoms with Crippen molar-refractivity contribution in [3.63, 3.8) is 0 Å². The SMILES string of the molecule is CCCC1CC1NC(=NC)NC1CCN(c2cccs2)CC1. The highest BCUT2D eigenvalue weighted by atomic mass is 32.1. The van der Waals surface area contributed by atoms with E-state index in [-0.39, 0.29) is 0 Å². The molecule has 3 rings (SSSR count). The molecule has 0 aromatic carbocycles. The maximum absolute atomic E-state index is 4.41. The lowest BCUT2D eigenvalue weighted by atomic mass is 10.1. The second-order valence-corrected chi connectivity index (χ2v) is 7.39. The minimum absolute atomic E-state index is 0.547. The van der Waals surface area contributed by atoms with E-state index in [9.17, 15) is 0 Å². The second-order valence-electron chi connectivity index (χ2n) is 6.46. The number of guanidine groups is 1. The average molecular weight is 321 g/mol. The van der Waals surface area contributed by atoms with Gasteiger partial charge in [0.05, 0.1) is 5.00 Å². The predicted octanol–water partition coefficient (Wildman–Crippen LogP) is 3.07. The van der Waals surface area contributed by atoms with Crippen molar-refractivity contribution in [1.82, 2.24) is 10.6 Å². The smallest absolute Gasteiger partial charge is 0.191 e. The lowest BCUT2D eigenvalue weighted by Crippen LogP contribution is -2.49. The molecule has 2 N–H and O–H groups in total. The number of hydrogen-bond acceptors (Lipinski definition) is 3. The van der Waals surface area contributed by atoms with Crippen molar-refractivity contribution >= 4 is 22.3 Å². The van der Waals surface area contributed by atoms with Crippen LogP contribution in [0.1, 0.15) is 39.0 Å². The lowest BCUT2D eigenvalue weighted by Gasteiger charge is -2.33. The van der Waals surface area contributed by atoms with Crippen LogP contribution in [0.25, 0.3) is 0 Å². The maximum Gasteiger partial charge on any atom is 0.191 e. The summed E-state index contributed by atoms with van der Waals surface area (Å²) in [7, 11) is 1.88. The molecule has 1 aliphatic heterocycles. The maximum atomic E-state index is 4.41. The largest absolute Gasteiger partial charge is 0.363 e. The van der Waals surface area contributed by atoms with Gasteiger partial charge in [-0.1, -0.05) is 13.3 Å². The molecule has 0 spiro atoms. The summed E-state index contributed by atoms with van der Waals surface area (Å²) in [5.74, 6) is 1.86. The van der Waals surface area contributed by atoms with Crippen LogP contribution in [0.2, 0.25) is 0 Å². The van der Waals surface area contributed by atoms with Crippen molar-refractivity contribution in [2.24, 2.45) is 10.9 Å². The normalized spacial score (nSPS) is 26.1. The van der Waals surface area contributed by atoms with Crippen LogP contribution in [0.4, 0.5) is 5.00 Å². The highest BCUT2D eigenvalue weighted by molar-refractivity contribution is 7.14. The molecule has 5 heteroatoms. The Labute approximate surface area is 138 Å². The Bertz CT molecular complexity index is 477. The fraction of sp³-hybridized carbons (Fsp3) is 0.706. The fourth-order valence-electron chi connectivity index (χ4n) is 3.35. The topological polar surface area (TPSA) is 39.7 Å². The highest BCUT2D eigenvalue weighted by Gasteiger charge is 2.36. The van der Waals surface area contributed by atoms with E-state index in [1.165, 1.54) is 37.1 Å².